The average Bonchev–Trinajstić information content (AvgIpc) is 2.54. The number of carbonyl (C=O) groups excluding carboxylic acids is 1. The zero-order chi connectivity index (χ0) is 15.1. The molecule has 0 radical (unpaired) electrons. The highest BCUT2D eigenvalue weighted by molar-refractivity contribution is 7.98. The molecule has 0 atom stereocenters. The number of carbonyl (C=O) groups is 1. The number of benzene rings is 2. The van der Waals surface area contributed by atoms with Crippen LogP contribution in [0, 0.1) is 0 Å². The third kappa shape index (κ3) is 4.64. The number of rotatable bonds is 7. The number of ketones is 1. The quantitative estimate of drug-likeness (QED) is 0.533. The molecule has 2 nitrogen and oxygen atoms in total. The van der Waals surface area contributed by atoms with Gasteiger partial charge in [0.1, 0.15) is 5.75 Å². The van der Waals surface area contributed by atoms with Gasteiger partial charge in [0, 0.05) is 22.6 Å². The Bertz CT molecular complexity index is 573. The molecule has 0 aliphatic rings. The molecule has 0 saturated carbocycles. The SMILES string of the molecule is CCCC(=O)c1ccc(SCc2ccc(OC)cc2)cc1. The summed E-state index contributed by atoms with van der Waals surface area (Å²) >= 11 is 1.77. The summed E-state index contributed by atoms with van der Waals surface area (Å²) in [4.78, 5) is 13.0. The monoisotopic (exact) mass is 300 g/mol. The van der Waals surface area contributed by atoms with Crippen LogP contribution >= 0.6 is 11.8 Å². The van der Waals surface area contributed by atoms with E-state index in [1.54, 1.807) is 18.9 Å². The summed E-state index contributed by atoms with van der Waals surface area (Å²) in [5, 5.41) is 0. The van der Waals surface area contributed by atoms with E-state index in [0.717, 1.165) is 23.5 Å². The molecule has 0 bridgehead atoms. The number of ether oxygens (including phenoxy) is 1. The van der Waals surface area contributed by atoms with E-state index in [1.165, 1.54) is 10.5 Å². The normalized spacial score (nSPS) is 10.4. The molecule has 3 heteroatoms. The van der Waals surface area contributed by atoms with Gasteiger partial charge in [-0.1, -0.05) is 31.2 Å². The number of Topliss-reactive ketones (excluding diaryl/α,β-unsaturated/α-hetero) is 1. The van der Waals surface area contributed by atoms with Crippen LogP contribution in [0.25, 0.3) is 0 Å². The summed E-state index contributed by atoms with van der Waals surface area (Å²) in [6, 6.07) is 16.0. The van der Waals surface area contributed by atoms with Crippen molar-refractivity contribution in [2.24, 2.45) is 0 Å². The standard InChI is InChI=1S/C18H20O2S/c1-3-4-18(19)15-7-11-17(12-8-15)21-13-14-5-9-16(20-2)10-6-14/h5-12H,3-4,13H2,1-2H3. The Morgan fingerprint density at radius 3 is 2.29 bits per heavy atom. The minimum Gasteiger partial charge on any atom is -0.497 e. The highest BCUT2D eigenvalue weighted by Gasteiger charge is 2.04. The van der Waals surface area contributed by atoms with Crippen LogP contribution in [0.1, 0.15) is 35.7 Å². The largest absolute Gasteiger partial charge is 0.497 e. The van der Waals surface area contributed by atoms with Gasteiger partial charge in [0.05, 0.1) is 7.11 Å². The fourth-order valence-corrected chi connectivity index (χ4v) is 2.85. The first-order valence-corrected chi connectivity index (χ1v) is 8.10. The topological polar surface area (TPSA) is 26.3 Å². The lowest BCUT2D eigenvalue weighted by Gasteiger charge is -2.05. The lowest BCUT2D eigenvalue weighted by molar-refractivity contribution is 0.0981. The molecule has 0 aliphatic carbocycles. The third-order valence-corrected chi connectivity index (χ3v) is 4.30. The zero-order valence-corrected chi connectivity index (χ0v) is 13.3. The van der Waals surface area contributed by atoms with Crippen molar-refractivity contribution in [2.75, 3.05) is 7.11 Å². The summed E-state index contributed by atoms with van der Waals surface area (Å²) in [5.41, 5.74) is 2.07. The van der Waals surface area contributed by atoms with Crippen LogP contribution < -0.4 is 4.74 Å². The molecule has 0 spiro atoms. The van der Waals surface area contributed by atoms with Gasteiger partial charge in [-0.15, -0.1) is 11.8 Å². The van der Waals surface area contributed by atoms with Crippen LogP contribution in [0.2, 0.25) is 0 Å². The maximum Gasteiger partial charge on any atom is 0.162 e. The van der Waals surface area contributed by atoms with Gasteiger partial charge in [0.2, 0.25) is 0 Å². The first-order chi connectivity index (χ1) is 10.2. The summed E-state index contributed by atoms with van der Waals surface area (Å²) in [6.45, 7) is 2.02. The van der Waals surface area contributed by atoms with Gasteiger partial charge in [-0.3, -0.25) is 4.79 Å². The summed E-state index contributed by atoms with van der Waals surface area (Å²) in [7, 11) is 1.67. The van der Waals surface area contributed by atoms with Crippen molar-refractivity contribution in [3.05, 3.63) is 59.7 Å². The fraction of sp³-hybridized carbons (Fsp3) is 0.278. The van der Waals surface area contributed by atoms with Crippen molar-refractivity contribution in [3.8, 4) is 5.75 Å². The van der Waals surface area contributed by atoms with E-state index in [2.05, 4.69) is 12.1 Å². The molecule has 2 rings (SSSR count). The van der Waals surface area contributed by atoms with E-state index in [1.807, 2.05) is 43.3 Å². The Labute approximate surface area is 130 Å². The van der Waals surface area contributed by atoms with Crippen molar-refractivity contribution >= 4 is 17.5 Å². The molecular weight excluding hydrogens is 280 g/mol. The van der Waals surface area contributed by atoms with Crippen LogP contribution in [-0.2, 0) is 5.75 Å². The Hall–Kier alpha value is -1.74. The summed E-state index contributed by atoms with van der Waals surface area (Å²) in [5.74, 6) is 2.01. The van der Waals surface area contributed by atoms with Gasteiger partial charge >= 0.3 is 0 Å². The van der Waals surface area contributed by atoms with Crippen molar-refractivity contribution in [3.63, 3.8) is 0 Å². The van der Waals surface area contributed by atoms with Gasteiger partial charge in [0.15, 0.2) is 5.78 Å². The molecule has 21 heavy (non-hydrogen) atoms. The molecular formula is C18H20O2S. The Morgan fingerprint density at radius 1 is 1.05 bits per heavy atom. The first kappa shape index (κ1) is 15.6. The van der Waals surface area contributed by atoms with Crippen LogP contribution in [0.5, 0.6) is 5.75 Å². The van der Waals surface area contributed by atoms with Crippen molar-refractivity contribution in [2.45, 2.75) is 30.4 Å². The predicted molar refractivity (Wildman–Crippen MR) is 88.2 cm³/mol. The van der Waals surface area contributed by atoms with E-state index in [0.29, 0.717) is 6.42 Å². The Kier molecular flexibility index (Phi) is 5.88. The van der Waals surface area contributed by atoms with Crippen LogP contribution in [0.4, 0.5) is 0 Å². The maximum atomic E-state index is 11.8. The molecule has 2 aromatic carbocycles. The van der Waals surface area contributed by atoms with Crippen LogP contribution in [0.15, 0.2) is 53.4 Å². The number of methoxy groups -OCH3 is 1. The number of thioether (sulfide) groups is 1. The molecule has 110 valence electrons. The molecule has 0 aliphatic heterocycles. The summed E-state index contributed by atoms with van der Waals surface area (Å²) in [6.07, 6.45) is 1.52. The smallest absolute Gasteiger partial charge is 0.162 e. The molecule has 0 fully saturated rings. The van der Waals surface area contributed by atoms with Gasteiger partial charge in [-0.05, 0) is 36.2 Å². The van der Waals surface area contributed by atoms with Crippen molar-refractivity contribution < 1.29 is 9.53 Å². The Morgan fingerprint density at radius 2 is 1.71 bits per heavy atom. The minimum atomic E-state index is 0.226. The molecule has 0 heterocycles. The van der Waals surface area contributed by atoms with Gasteiger partial charge in [0.25, 0.3) is 0 Å². The maximum absolute atomic E-state index is 11.8. The number of hydrogen-bond donors (Lipinski definition) is 0. The fourth-order valence-electron chi connectivity index (χ4n) is 2.00. The van der Waals surface area contributed by atoms with Gasteiger partial charge in [-0.25, -0.2) is 0 Å². The zero-order valence-electron chi connectivity index (χ0n) is 12.5. The van der Waals surface area contributed by atoms with Crippen molar-refractivity contribution in [1.29, 1.82) is 0 Å². The van der Waals surface area contributed by atoms with Crippen LogP contribution in [0.3, 0.4) is 0 Å². The molecule has 0 amide bonds. The van der Waals surface area contributed by atoms with Crippen LogP contribution in [-0.4, -0.2) is 12.9 Å². The predicted octanol–water partition coefficient (Wildman–Crippen LogP) is 4.97. The van der Waals surface area contributed by atoms with E-state index < -0.39 is 0 Å². The highest BCUT2D eigenvalue weighted by atomic mass is 32.2. The van der Waals surface area contributed by atoms with E-state index in [9.17, 15) is 4.79 Å². The highest BCUT2D eigenvalue weighted by Crippen LogP contribution is 2.24. The average molecular weight is 300 g/mol. The molecule has 0 N–H and O–H groups in total. The molecule has 0 aromatic heterocycles. The van der Waals surface area contributed by atoms with Gasteiger partial charge in [-0.2, -0.15) is 0 Å². The minimum absolute atomic E-state index is 0.226. The number of hydrogen-bond acceptors (Lipinski definition) is 3. The molecule has 2 aromatic rings. The second-order valence-corrected chi connectivity index (χ2v) is 5.88. The van der Waals surface area contributed by atoms with Gasteiger partial charge < -0.3 is 4.74 Å². The Balaban J connectivity index is 1.92. The summed E-state index contributed by atoms with van der Waals surface area (Å²) < 4.78 is 5.15. The molecule has 0 saturated heterocycles. The second kappa shape index (κ2) is 7.89. The van der Waals surface area contributed by atoms with E-state index in [4.69, 9.17) is 4.74 Å². The third-order valence-electron chi connectivity index (χ3n) is 3.22. The second-order valence-electron chi connectivity index (χ2n) is 4.83. The first-order valence-electron chi connectivity index (χ1n) is 7.12. The molecule has 0 unspecified atom stereocenters. The lowest BCUT2D eigenvalue weighted by atomic mass is 10.1. The lowest BCUT2D eigenvalue weighted by Crippen LogP contribution is -1.97. The van der Waals surface area contributed by atoms with E-state index >= 15 is 0 Å². The van der Waals surface area contributed by atoms with Crippen molar-refractivity contribution in [1.82, 2.24) is 0 Å². The van der Waals surface area contributed by atoms with E-state index in [-0.39, 0.29) is 5.78 Å².